The number of rotatable bonds is 3. The Morgan fingerprint density at radius 1 is 1.10 bits per heavy atom. The summed E-state index contributed by atoms with van der Waals surface area (Å²) < 4.78 is 1.15. The number of benzene rings is 2. The van der Waals surface area contributed by atoms with E-state index in [2.05, 4.69) is 73.9 Å². The smallest absolute Gasteiger partial charge is 0.0670 e. The lowest BCUT2D eigenvalue weighted by Gasteiger charge is -2.37. The second-order valence-corrected chi connectivity index (χ2v) is 6.65. The van der Waals surface area contributed by atoms with Crippen LogP contribution in [0.5, 0.6) is 0 Å². The van der Waals surface area contributed by atoms with Crippen molar-refractivity contribution in [1.29, 1.82) is 0 Å². The molecule has 0 saturated heterocycles. The van der Waals surface area contributed by atoms with Crippen LogP contribution in [0.3, 0.4) is 0 Å². The Bertz CT molecular complexity index is 757. The van der Waals surface area contributed by atoms with E-state index in [0.29, 0.717) is 12.0 Å². The maximum absolute atomic E-state index is 4.06. The van der Waals surface area contributed by atoms with E-state index in [0.717, 1.165) is 15.4 Å². The first kappa shape index (κ1) is 12.9. The molecule has 21 heavy (non-hydrogen) atoms. The molecule has 1 aliphatic rings. The summed E-state index contributed by atoms with van der Waals surface area (Å²) in [7, 11) is 0. The molecule has 0 spiro atoms. The molecule has 1 aromatic heterocycles. The van der Waals surface area contributed by atoms with Crippen molar-refractivity contribution in [1.82, 2.24) is 10.2 Å². The SMILES string of the molecule is Brc1ccc(C2CC(Nc3ccc4cn[nH]c4c3)C2)cc1. The maximum Gasteiger partial charge on any atom is 0.0670 e. The van der Waals surface area contributed by atoms with E-state index in [4.69, 9.17) is 0 Å². The number of nitrogens with one attached hydrogen (secondary N) is 2. The van der Waals surface area contributed by atoms with Gasteiger partial charge in [-0.15, -0.1) is 0 Å². The number of fused-ring (bicyclic) bond motifs is 1. The van der Waals surface area contributed by atoms with Gasteiger partial charge in [-0.3, -0.25) is 5.10 Å². The minimum absolute atomic E-state index is 0.569. The van der Waals surface area contributed by atoms with Gasteiger partial charge in [0.1, 0.15) is 0 Å². The van der Waals surface area contributed by atoms with E-state index in [1.54, 1.807) is 0 Å². The van der Waals surface area contributed by atoms with Gasteiger partial charge in [-0.25, -0.2) is 0 Å². The molecule has 0 atom stereocenters. The maximum atomic E-state index is 4.06. The van der Waals surface area contributed by atoms with Crippen LogP contribution in [0.15, 0.2) is 53.1 Å². The zero-order chi connectivity index (χ0) is 14.2. The third-order valence-corrected chi connectivity index (χ3v) is 4.82. The van der Waals surface area contributed by atoms with E-state index in [1.807, 2.05) is 6.20 Å². The van der Waals surface area contributed by atoms with Gasteiger partial charge in [0.25, 0.3) is 0 Å². The fraction of sp³-hybridized carbons (Fsp3) is 0.235. The molecule has 1 heterocycles. The van der Waals surface area contributed by atoms with Gasteiger partial charge in [0, 0.05) is 21.6 Å². The highest BCUT2D eigenvalue weighted by atomic mass is 79.9. The second-order valence-electron chi connectivity index (χ2n) is 5.73. The van der Waals surface area contributed by atoms with Crippen LogP contribution in [0.1, 0.15) is 24.3 Å². The number of nitrogens with zero attached hydrogens (tertiary/aromatic N) is 1. The van der Waals surface area contributed by atoms with Crippen LogP contribution < -0.4 is 5.32 Å². The molecule has 2 N–H and O–H groups in total. The molecular weight excluding hydrogens is 326 g/mol. The second kappa shape index (κ2) is 5.19. The standard InChI is InChI=1S/C17H16BrN3/c18-14-4-1-11(2-5-14)13-7-16(8-13)20-15-6-3-12-10-19-21-17(12)9-15/h1-6,9-10,13,16,20H,7-8H2,(H,19,21). The molecule has 0 radical (unpaired) electrons. The Hall–Kier alpha value is -1.81. The van der Waals surface area contributed by atoms with Gasteiger partial charge in [0.05, 0.1) is 11.7 Å². The summed E-state index contributed by atoms with van der Waals surface area (Å²) >= 11 is 3.49. The van der Waals surface area contributed by atoms with E-state index in [9.17, 15) is 0 Å². The Labute approximate surface area is 131 Å². The third kappa shape index (κ3) is 2.56. The molecule has 1 aliphatic carbocycles. The molecule has 0 bridgehead atoms. The van der Waals surface area contributed by atoms with Gasteiger partial charge in [-0.2, -0.15) is 5.10 Å². The largest absolute Gasteiger partial charge is 0.382 e. The number of aromatic nitrogens is 2. The molecule has 106 valence electrons. The van der Waals surface area contributed by atoms with Crippen LogP contribution in [0.4, 0.5) is 5.69 Å². The molecular formula is C17H16BrN3. The average Bonchev–Trinajstić information content (AvgIpc) is 2.91. The molecule has 3 aromatic rings. The quantitative estimate of drug-likeness (QED) is 0.725. The minimum atomic E-state index is 0.569. The lowest BCUT2D eigenvalue weighted by atomic mass is 9.76. The third-order valence-electron chi connectivity index (χ3n) is 4.29. The molecule has 0 amide bonds. The van der Waals surface area contributed by atoms with Crippen LogP contribution in [0.25, 0.3) is 10.9 Å². The van der Waals surface area contributed by atoms with Gasteiger partial charge >= 0.3 is 0 Å². The van der Waals surface area contributed by atoms with Gasteiger partial charge < -0.3 is 5.32 Å². The summed E-state index contributed by atoms with van der Waals surface area (Å²) in [5, 5.41) is 11.8. The molecule has 1 fully saturated rings. The normalized spacial score (nSPS) is 21.2. The van der Waals surface area contributed by atoms with Crippen LogP contribution in [0, 0.1) is 0 Å². The fourth-order valence-electron chi connectivity index (χ4n) is 3.01. The van der Waals surface area contributed by atoms with E-state index in [-0.39, 0.29) is 0 Å². The molecule has 0 unspecified atom stereocenters. The molecule has 4 rings (SSSR count). The topological polar surface area (TPSA) is 40.7 Å². The molecule has 3 nitrogen and oxygen atoms in total. The highest BCUT2D eigenvalue weighted by molar-refractivity contribution is 9.10. The molecule has 1 saturated carbocycles. The summed E-state index contributed by atoms with van der Waals surface area (Å²) in [6.07, 6.45) is 4.25. The number of halogens is 1. The molecule has 4 heteroatoms. The van der Waals surface area contributed by atoms with Gasteiger partial charge in [0.2, 0.25) is 0 Å². The zero-order valence-electron chi connectivity index (χ0n) is 11.5. The van der Waals surface area contributed by atoms with Crippen LogP contribution in [-0.2, 0) is 0 Å². The van der Waals surface area contributed by atoms with Crippen molar-refractivity contribution in [3.63, 3.8) is 0 Å². The Kier molecular flexibility index (Phi) is 3.19. The first-order chi connectivity index (χ1) is 10.3. The average molecular weight is 342 g/mol. The van der Waals surface area contributed by atoms with Gasteiger partial charge in [-0.05, 0) is 54.7 Å². The minimum Gasteiger partial charge on any atom is -0.382 e. The predicted molar refractivity (Wildman–Crippen MR) is 89.6 cm³/mol. The number of H-pyrrole nitrogens is 1. The number of aromatic amines is 1. The van der Waals surface area contributed by atoms with Crippen LogP contribution >= 0.6 is 15.9 Å². The highest BCUT2D eigenvalue weighted by Crippen LogP contribution is 2.39. The first-order valence-electron chi connectivity index (χ1n) is 7.23. The summed E-state index contributed by atoms with van der Waals surface area (Å²) in [5.41, 5.74) is 3.70. The lowest BCUT2D eigenvalue weighted by molar-refractivity contribution is 0.374. The van der Waals surface area contributed by atoms with Crippen molar-refractivity contribution in [3.8, 4) is 0 Å². The van der Waals surface area contributed by atoms with Crippen molar-refractivity contribution < 1.29 is 0 Å². The van der Waals surface area contributed by atoms with Crippen LogP contribution in [0.2, 0.25) is 0 Å². The predicted octanol–water partition coefficient (Wildman–Crippen LogP) is 4.68. The number of hydrogen-bond donors (Lipinski definition) is 2. The first-order valence-corrected chi connectivity index (χ1v) is 8.02. The highest BCUT2D eigenvalue weighted by Gasteiger charge is 2.30. The lowest BCUT2D eigenvalue weighted by Crippen LogP contribution is -2.33. The monoisotopic (exact) mass is 341 g/mol. The summed E-state index contributed by atoms with van der Waals surface area (Å²) in [4.78, 5) is 0. The molecule has 2 aromatic carbocycles. The molecule has 0 aliphatic heterocycles. The Morgan fingerprint density at radius 3 is 2.71 bits per heavy atom. The zero-order valence-corrected chi connectivity index (χ0v) is 13.1. The number of anilines is 1. The van der Waals surface area contributed by atoms with Gasteiger partial charge in [-0.1, -0.05) is 28.1 Å². The Morgan fingerprint density at radius 2 is 1.90 bits per heavy atom. The summed E-state index contributed by atoms with van der Waals surface area (Å²) in [6.45, 7) is 0. The van der Waals surface area contributed by atoms with Crippen molar-refractivity contribution in [2.45, 2.75) is 24.8 Å². The van der Waals surface area contributed by atoms with Crippen LogP contribution in [-0.4, -0.2) is 16.2 Å². The van der Waals surface area contributed by atoms with Crippen molar-refractivity contribution in [2.24, 2.45) is 0 Å². The van der Waals surface area contributed by atoms with E-state index < -0.39 is 0 Å². The van der Waals surface area contributed by atoms with E-state index in [1.165, 1.54) is 24.1 Å². The number of hydrogen-bond acceptors (Lipinski definition) is 2. The van der Waals surface area contributed by atoms with Gasteiger partial charge in [0.15, 0.2) is 0 Å². The fourth-order valence-corrected chi connectivity index (χ4v) is 3.27. The summed E-state index contributed by atoms with van der Waals surface area (Å²) in [5.74, 6) is 0.687. The van der Waals surface area contributed by atoms with E-state index >= 15 is 0 Å². The Balaban J connectivity index is 1.40. The van der Waals surface area contributed by atoms with Crippen molar-refractivity contribution >= 4 is 32.5 Å². The van der Waals surface area contributed by atoms with Crippen molar-refractivity contribution in [3.05, 3.63) is 58.7 Å². The van der Waals surface area contributed by atoms with Crippen molar-refractivity contribution in [2.75, 3.05) is 5.32 Å². The summed E-state index contributed by atoms with van der Waals surface area (Å²) in [6, 6.07) is 15.6.